The Morgan fingerprint density at radius 1 is 1.30 bits per heavy atom. The number of ether oxygens (including phenoxy) is 1. The molecule has 5 nitrogen and oxygen atoms in total. The van der Waals surface area contributed by atoms with Gasteiger partial charge in [0.15, 0.2) is 0 Å². The van der Waals surface area contributed by atoms with Gasteiger partial charge in [0.25, 0.3) is 5.91 Å². The van der Waals surface area contributed by atoms with Gasteiger partial charge >= 0.3 is 6.01 Å². The van der Waals surface area contributed by atoms with Gasteiger partial charge in [-0.05, 0) is 57.4 Å². The number of aryl methyl sites for hydroxylation is 1. The molecule has 2 heterocycles. The third kappa shape index (κ3) is 3.67. The summed E-state index contributed by atoms with van der Waals surface area (Å²) in [4.78, 5) is 23.0. The number of carbonyl (C=O) groups excluding carboxylic acids is 1. The topological polar surface area (TPSA) is 55.3 Å². The van der Waals surface area contributed by atoms with Gasteiger partial charge in [0.2, 0.25) is 0 Å². The maximum Gasteiger partial charge on any atom is 0.322 e. The lowest BCUT2D eigenvalue weighted by atomic mass is 10.0. The predicted octanol–water partition coefficient (Wildman–Crippen LogP) is 3.59. The largest absolute Gasteiger partial charge is 0.424 e. The highest BCUT2D eigenvalue weighted by Crippen LogP contribution is 2.23. The summed E-state index contributed by atoms with van der Waals surface area (Å²) in [6.07, 6.45) is 4.99. The Labute approximate surface area is 136 Å². The van der Waals surface area contributed by atoms with E-state index >= 15 is 0 Å². The van der Waals surface area contributed by atoms with Crippen molar-refractivity contribution in [2.24, 2.45) is 0 Å². The summed E-state index contributed by atoms with van der Waals surface area (Å²) >= 11 is 0. The molecule has 1 atom stereocenters. The van der Waals surface area contributed by atoms with Crippen LogP contribution in [0.2, 0.25) is 0 Å². The van der Waals surface area contributed by atoms with E-state index < -0.39 is 0 Å². The Kier molecular flexibility index (Phi) is 4.55. The first-order chi connectivity index (χ1) is 11.1. The molecule has 1 aliphatic rings. The van der Waals surface area contributed by atoms with Crippen LogP contribution in [0.25, 0.3) is 0 Å². The minimum absolute atomic E-state index is 0.0628. The zero-order valence-electron chi connectivity index (χ0n) is 13.5. The van der Waals surface area contributed by atoms with Crippen molar-refractivity contribution in [3.05, 3.63) is 47.8 Å². The second-order valence-electron chi connectivity index (χ2n) is 5.95. The molecule has 1 saturated heterocycles. The fourth-order valence-corrected chi connectivity index (χ4v) is 2.84. The molecule has 0 spiro atoms. The van der Waals surface area contributed by atoms with E-state index in [1.54, 1.807) is 12.3 Å². The molecule has 0 bridgehead atoms. The lowest BCUT2D eigenvalue weighted by molar-refractivity contribution is 0.0635. The van der Waals surface area contributed by atoms with Crippen molar-refractivity contribution in [3.63, 3.8) is 0 Å². The van der Waals surface area contributed by atoms with Crippen molar-refractivity contribution in [1.29, 1.82) is 0 Å². The molecule has 0 aliphatic carbocycles. The number of amides is 1. The van der Waals surface area contributed by atoms with Crippen LogP contribution in [0.5, 0.6) is 11.8 Å². The Bertz CT molecular complexity index is 702. The first-order valence-corrected chi connectivity index (χ1v) is 8.02. The summed E-state index contributed by atoms with van der Waals surface area (Å²) in [5.41, 5.74) is 1.48. The van der Waals surface area contributed by atoms with Crippen LogP contribution in [0.3, 0.4) is 0 Å². The van der Waals surface area contributed by atoms with Gasteiger partial charge in [-0.1, -0.05) is 6.07 Å². The maximum absolute atomic E-state index is 12.7. The second kappa shape index (κ2) is 6.77. The van der Waals surface area contributed by atoms with Crippen LogP contribution in [0.4, 0.5) is 0 Å². The molecule has 3 rings (SSSR count). The molecule has 1 aromatic carbocycles. The second-order valence-corrected chi connectivity index (χ2v) is 5.95. The van der Waals surface area contributed by atoms with Crippen LogP contribution in [-0.2, 0) is 0 Å². The summed E-state index contributed by atoms with van der Waals surface area (Å²) in [6, 6.07) is 9.62. The van der Waals surface area contributed by atoms with Crippen molar-refractivity contribution in [1.82, 2.24) is 14.9 Å². The standard InChI is InChI=1S/C18H21N3O2/c1-13-9-10-19-18(20-13)23-16-8-5-7-15(12-16)17(22)21-11-4-3-6-14(21)2/h5,7-10,12,14H,3-4,6,11H2,1-2H3/t14-/m0/s1. The number of nitrogens with zero attached hydrogens (tertiary/aromatic N) is 3. The molecule has 1 aliphatic heterocycles. The number of hydrogen-bond acceptors (Lipinski definition) is 4. The van der Waals surface area contributed by atoms with Crippen molar-refractivity contribution in [2.75, 3.05) is 6.54 Å². The zero-order chi connectivity index (χ0) is 16.2. The molecule has 1 amide bonds. The Morgan fingerprint density at radius 3 is 2.96 bits per heavy atom. The van der Waals surface area contributed by atoms with E-state index in [0.29, 0.717) is 23.4 Å². The number of rotatable bonds is 3. The molecule has 0 radical (unpaired) electrons. The maximum atomic E-state index is 12.7. The monoisotopic (exact) mass is 311 g/mol. The normalized spacial score (nSPS) is 17.8. The summed E-state index contributed by atoms with van der Waals surface area (Å²) in [5, 5.41) is 0. The average molecular weight is 311 g/mol. The summed E-state index contributed by atoms with van der Waals surface area (Å²) < 4.78 is 5.67. The molecule has 1 fully saturated rings. The van der Waals surface area contributed by atoms with Gasteiger partial charge < -0.3 is 9.64 Å². The highest BCUT2D eigenvalue weighted by molar-refractivity contribution is 5.94. The fraction of sp³-hybridized carbons (Fsp3) is 0.389. The Morgan fingerprint density at radius 2 is 2.17 bits per heavy atom. The van der Waals surface area contributed by atoms with E-state index in [0.717, 1.165) is 25.1 Å². The van der Waals surface area contributed by atoms with Crippen LogP contribution in [-0.4, -0.2) is 33.4 Å². The van der Waals surface area contributed by atoms with Gasteiger partial charge in [-0.2, -0.15) is 0 Å². The SMILES string of the molecule is Cc1ccnc(Oc2cccc(C(=O)N3CCCC[C@@H]3C)c2)n1. The molecule has 0 saturated carbocycles. The van der Waals surface area contributed by atoms with E-state index in [1.165, 1.54) is 6.42 Å². The highest BCUT2D eigenvalue weighted by atomic mass is 16.5. The zero-order valence-corrected chi connectivity index (χ0v) is 13.5. The van der Waals surface area contributed by atoms with Crippen LogP contribution in [0.1, 0.15) is 42.2 Å². The number of carbonyl (C=O) groups is 1. The van der Waals surface area contributed by atoms with Crippen LogP contribution < -0.4 is 4.74 Å². The number of piperidine rings is 1. The van der Waals surface area contributed by atoms with Crippen molar-refractivity contribution in [3.8, 4) is 11.8 Å². The van der Waals surface area contributed by atoms with Gasteiger partial charge in [0.05, 0.1) is 0 Å². The van der Waals surface area contributed by atoms with E-state index in [1.807, 2.05) is 36.1 Å². The fourth-order valence-electron chi connectivity index (χ4n) is 2.84. The summed E-state index contributed by atoms with van der Waals surface area (Å²) in [7, 11) is 0. The third-order valence-electron chi connectivity index (χ3n) is 4.13. The molecular weight excluding hydrogens is 290 g/mol. The Balaban J connectivity index is 1.78. The molecular formula is C18H21N3O2. The van der Waals surface area contributed by atoms with Gasteiger partial charge in [-0.25, -0.2) is 9.97 Å². The number of aromatic nitrogens is 2. The molecule has 2 aromatic rings. The molecule has 23 heavy (non-hydrogen) atoms. The minimum Gasteiger partial charge on any atom is -0.424 e. The molecule has 1 aromatic heterocycles. The van der Waals surface area contributed by atoms with Gasteiger partial charge in [-0.15, -0.1) is 0 Å². The number of benzene rings is 1. The quantitative estimate of drug-likeness (QED) is 0.869. The number of likely N-dealkylation sites (tertiary alicyclic amines) is 1. The van der Waals surface area contributed by atoms with Gasteiger partial charge in [-0.3, -0.25) is 4.79 Å². The molecule has 5 heteroatoms. The average Bonchev–Trinajstić information content (AvgIpc) is 2.55. The molecule has 120 valence electrons. The van der Waals surface area contributed by atoms with E-state index in [9.17, 15) is 4.79 Å². The lowest BCUT2D eigenvalue weighted by Crippen LogP contribution is -2.42. The first-order valence-electron chi connectivity index (χ1n) is 8.02. The first kappa shape index (κ1) is 15.5. The third-order valence-corrected chi connectivity index (χ3v) is 4.13. The number of hydrogen-bond donors (Lipinski definition) is 0. The summed E-state index contributed by atoms with van der Waals surface area (Å²) in [5.74, 6) is 0.638. The summed E-state index contributed by atoms with van der Waals surface area (Å²) in [6.45, 7) is 4.82. The van der Waals surface area contributed by atoms with E-state index in [-0.39, 0.29) is 5.91 Å². The van der Waals surface area contributed by atoms with E-state index in [4.69, 9.17) is 4.74 Å². The van der Waals surface area contributed by atoms with Crippen molar-refractivity contribution < 1.29 is 9.53 Å². The van der Waals surface area contributed by atoms with Crippen molar-refractivity contribution >= 4 is 5.91 Å². The predicted molar refractivity (Wildman–Crippen MR) is 87.6 cm³/mol. The van der Waals surface area contributed by atoms with Crippen LogP contribution >= 0.6 is 0 Å². The lowest BCUT2D eigenvalue weighted by Gasteiger charge is -2.33. The van der Waals surface area contributed by atoms with Crippen LogP contribution in [0.15, 0.2) is 36.5 Å². The molecule has 0 unspecified atom stereocenters. The minimum atomic E-state index is 0.0628. The van der Waals surface area contributed by atoms with Gasteiger partial charge in [0, 0.05) is 30.0 Å². The molecule has 0 N–H and O–H groups in total. The van der Waals surface area contributed by atoms with Crippen molar-refractivity contribution in [2.45, 2.75) is 39.2 Å². The Hall–Kier alpha value is -2.43. The smallest absolute Gasteiger partial charge is 0.322 e. The highest BCUT2D eigenvalue weighted by Gasteiger charge is 2.24. The van der Waals surface area contributed by atoms with Gasteiger partial charge in [0.1, 0.15) is 5.75 Å². The van der Waals surface area contributed by atoms with Crippen LogP contribution in [0, 0.1) is 6.92 Å². The van der Waals surface area contributed by atoms with E-state index in [2.05, 4.69) is 16.9 Å².